The Labute approximate surface area is 160 Å². The molecule has 0 saturated carbocycles. The predicted octanol–water partition coefficient (Wildman–Crippen LogP) is 3.04. The van der Waals surface area contributed by atoms with Gasteiger partial charge in [-0.2, -0.15) is 0 Å². The summed E-state index contributed by atoms with van der Waals surface area (Å²) in [6.45, 7) is 8.44. The van der Waals surface area contributed by atoms with Gasteiger partial charge in [0.2, 0.25) is 6.41 Å². The van der Waals surface area contributed by atoms with Crippen LogP contribution in [0.3, 0.4) is 0 Å². The van der Waals surface area contributed by atoms with E-state index in [0.717, 1.165) is 0 Å². The van der Waals surface area contributed by atoms with Crippen LogP contribution in [0.4, 0.5) is 0 Å². The molecule has 0 aliphatic heterocycles. The molecule has 1 amide bonds. The van der Waals surface area contributed by atoms with Crippen molar-refractivity contribution in [2.45, 2.75) is 72.3 Å². The molecule has 0 radical (unpaired) electrons. The van der Waals surface area contributed by atoms with E-state index in [-0.39, 0.29) is 17.0 Å². The van der Waals surface area contributed by atoms with Gasteiger partial charge in [-0.25, -0.2) is 4.79 Å². The molecule has 7 heteroatoms. The third-order valence-electron chi connectivity index (χ3n) is 4.51. The highest BCUT2D eigenvalue weighted by Crippen LogP contribution is 2.36. The maximum Gasteiger partial charge on any atom is 0.326 e. The van der Waals surface area contributed by atoms with E-state index in [4.69, 9.17) is 5.11 Å². The van der Waals surface area contributed by atoms with Crippen LogP contribution in [-0.4, -0.2) is 46.7 Å². The Morgan fingerprint density at radius 3 is 2.48 bits per heavy atom. The summed E-state index contributed by atoms with van der Waals surface area (Å²) in [7, 11) is 0. The average Bonchev–Trinajstić information content (AvgIpc) is 2.50. The summed E-state index contributed by atoms with van der Waals surface area (Å²) in [5.41, 5.74) is 0.767. The minimum Gasteiger partial charge on any atom is -0.511 e. The van der Waals surface area contributed by atoms with E-state index in [1.165, 1.54) is 0 Å². The Balaban J connectivity index is 2.78. The van der Waals surface area contributed by atoms with Crippen LogP contribution in [0, 0.1) is 11.3 Å². The molecule has 1 rings (SSSR count). The van der Waals surface area contributed by atoms with E-state index >= 15 is 0 Å². The Morgan fingerprint density at radius 2 is 1.96 bits per heavy atom. The molecule has 152 valence electrons. The summed E-state index contributed by atoms with van der Waals surface area (Å²) in [4.78, 5) is 38.5. The number of carboxylic acid groups (broad SMARTS) is 1. The number of hydrogen-bond donors (Lipinski definition) is 3. The summed E-state index contributed by atoms with van der Waals surface area (Å²) in [6.07, 6.45) is 3.40. The lowest BCUT2D eigenvalue weighted by molar-refractivity contribution is -0.140. The molecule has 27 heavy (non-hydrogen) atoms. The standard InChI is InChI=1S/C20H32N2O5/c1-13(2)9-15(18-16(24)10-20(3,4)11-17(18)25)21-8-6-5-7-14(19(26)27)22-12-23/h12-14,24H,5-11H2,1-4H3,(H,22,23)(H,26,27)/t14-/m0/s1. The molecule has 1 atom stereocenters. The third kappa shape index (κ3) is 7.53. The fourth-order valence-corrected chi connectivity index (χ4v) is 3.28. The van der Waals surface area contributed by atoms with Gasteiger partial charge in [0, 0.05) is 25.1 Å². The number of aliphatic hydroxyl groups is 1. The minimum absolute atomic E-state index is 0.0655. The van der Waals surface area contributed by atoms with Crippen molar-refractivity contribution in [3.63, 3.8) is 0 Å². The zero-order chi connectivity index (χ0) is 20.6. The highest BCUT2D eigenvalue weighted by Gasteiger charge is 2.35. The van der Waals surface area contributed by atoms with E-state index in [1.807, 2.05) is 27.7 Å². The van der Waals surface area contributed by atoms with Gasteiger partial charge in [-0.3, -0.25) is 14.6 Å². The first-order chi connectivity index (χ1) is 12.6. The van der Waals surface area contributed by atoms with Gasteiger partial charge >= 0.3 is 5.97 Å². The first-order valence-corrected chi connectivity index (χ1v) is 9.49. The molecule has 0 aromatic carbocycles. The number of Topliss-reactive ketones (excluding diaryl/α,β-unsaturated/α-hetero) is 1. The monoisotopic (exact) mass is 380 g/mol. The van der Waals surface area contributed by atoms with Crippen molar-refractivity contribution in [3.8, 4) is 0 Å². The number of nitrogens with zero attached hydrogens (tertiary/aromatic N) is 1. The number of aliphatic carboxylic acids is 1. The van der Waals surface area contributed by atoms with E-state index < -0.39 is 12.0 Å². The van der Waals surface area contributed by atoms with Crippen LogP contribution >= 0.6 is 0 Å². The van der Waals surface area contributed by atoms with Crippen molar-refractivity contribution in [1.29, 1.82) is 0 Å². The number of nitrogens with one attached hydrogen (secondary N) is 1. The molecule has 1 aliphatic rings. The smallest absolute Gasteiger partial charge is 0.326 e. The van der Waals surface area contributed by atoms with Crippen LogP contribution in [-0.2, 0) is 14.4 Å². The number of unbranched alkanes of at least 4 members (excludes halogenated alkanes) is 1. The van der Waals surface area contributed by atoms with Crippen LogP contribution in [0.25, 0.3) is 0 Å². The maximum atomic E-state index is 12.6. The Bertz CT molecular complexity index is 620. The fourth-order valence-electron chi connectivity index (χ4n) is 3.28. The SMILES string of the molecule is CC(C)CC(=NCCCC[C@H](NC=O)C(=O)O)C1=C(O)CC(C)(C)CC1=O. The van der Waals surface area contributed by atoms with Crippen molar-refractivity contribution < 1.29 is 24.6 Å². The molecular formula is C20H32N2O5. The zero-order valence-electron chi connectivity index (χ0n) is 16.7. The molecule has 0 bridgehead atoms. The number of amides is 1. The summed E-state index contributed by atoms with van der Waals surface area (Å²) in [6, 6.07) is -0.893. The number of aliphatic hydroxyl groups excluding tert-OH is 1. The first-order valence-electron chi connectivity index (χ1n) is 9.49. The second-order valence-electron chi connectivity index (χ2n) is 8.36. The molecule has 0 aromatic rings. The summed E-state index contributed by atoms with van der Waals surface area (Å²) < 4.78 is 0. The molecule has 0 spiro atoms. The number of carbonyl (C=O) groups excluding carboxylic acids is 2. The van der Waals surface area contributed by atoms with Gasteiger partial charge in [-0.15, -0.1) is 0 Å². The van der Waals surface area contributed by atoms with Crippen molar-refractivity contribution in [2.75, 3.05) is 6.54 Å². The second-order valence-corrected chi connectivity index (χ2v) is 8.36. The minimum atomic E-state index is -1.06. The van der Waals surface area contributed by atoms with Gasteiger partial charge in [0.05, 0.1) is 5.57 Å². The highest BCUT2D eigenvalue weighted by molar-refractivity contribution is 6.23. The Morgan fingerprint density at radius 1 is 1.30 bits per heavy atom. The van der Waals surface area contributed by atoms with Crippen molar-refractivity contribution in [3.05, 3.63) is 11.3 Å². The number of ketones is 1. The van der Waals surface area contributed by atoms with E-state index in [1.54, 1.807) is 0 Å². The lowest BCUT2D eigenvalue weighted by Crippen LogP contribution is -2.35. The number of aliphatic imine (C=N–C) groups is 1. The molecule has 0 heterocycles. The van der Waals surface area contributed by atoms with Crippen molar-refractivity contribution >= 4 is 23.9 Å². The number of allylic oxidation sites excluding steroid dienone is 2. The molecule has 7 nitrogen and oxygen atoms in total. The number of carboxylic acids is 1. The van der Waals surface area contributed by atoms with Gasteiger partial charge in [0.1, 0.15) is 11.8 Å². The predicted molar refractivity (Wildman–Crippen MR) is 104 cm³/mol. The summed E-state index contributed by atoms with van der Waals surface area (Å²) in [5.74, 6) is -0.711. The zero-order valence-corrected chi connectivity index (χ0v) is 16.7. The molecule has 0 fully saturated rings. The van der Waals surface area contributed by atoms with E-state index in [0.29, 0.717) is 68.7 Å². The van der Waals surface area contributed by atoms with E-state index in [2.05, 4.69) is 10.3 Å². The second kappa shape index (κ2) is 10.2. The van der Waals surface area contributed by atoms with Crippen LogP contribution in [0.1, 0.15) is 66.2 Å². The maximum absolute atomic E-state index is 12.6. The van der Waals surface area contributed by atoms with E-state index in [9.17, 15) is 19.5 Å². The average molecular weight is 380 g/mol. The summed E-state index contributed by atoms with van der Waals surface area (Å²) >= 11 is 0. The van der Waals surface area contributed by atoms with Crippen molar-refractivity contribution in [1.82, 2.24) is 5.32 Å². The van der Waals surface area contributed by atoms with Crippen LogP contribution < -0.4 is 5.32 Å². The topological polar surface area (TPSA) is 116 Å². The van der Waals surface area contributed by atoms with Crippen LogP contribution in [0.5, 0.6) is 0 Å². The molecule has 0 saturated heterocycles. The van der Waals surface area contributed by atoms with Gasteiger partial charge < -0.3 is 15.5 Å². The quantitative estimate of drug-likeness (QED) is 0.289. The number of rotatable bonds is 11. The normalized spacial score (nSPS) is 18.6. The Hall–Kier alpha value is -2.18. The largest absolute Gasteiger partial charge is 0.511 e. The fraction of sp³-hybridized carbons (Fsp3) is 0.700. The molecule has 0 aromatic heterocycles. The van der Waals surface area contributed by atoms with Gasteiger partial charge in [-0.1, -0.05) is 27.7 Å². The number of hydrogen-bond acceptors (Lipinski definition) is 5. The first kappa shape index (κ1) is 22.9. The third-order valence-corrected chi connectivity index (χ3v) is 4.51. The molecular weight excluding hydrogens is 348 g/mol. The Kier molecular flexibility index (Phi) is 8.66. The van der Waals surface area contributed by atoms with Gasteiger partial charge in [-0.05, 0) is 37.0 Å². The lowest BCUT2D eigenvalue weighted by atomic mass is 9.75. The number of carbonyl (C=O) groups is 3. The lowest BCUT2D eigenvalue weighted by Gasteiger charge is -2.30. The molecule has 0 unspecified atom stereocenters. The summed E-state index contributed by atoms with van der Waals surface area (Å²) in [5, 5.41) is 21.7. The van der Waals surface area contributed by atoms with Crippen LogP contribution in [0.15, 0.2) is 16.3 Å². The van der Waals surface area contributed by atoms with Gasteiger partial charge in [0.25, 0.3) is 0 Å². The van der Waals surface area contributed by atoms with Gasteiger partial charge in [0.15, 0.2) is 5.78 Å². The molecule has 1 aliphatic carbocycles. The molecule has 3 N–H and O–H groups in total. The van der Waals surface area contributed by atoms with Crippen LogP contribution in [0.2, 0.25) is 0 Å². The highest BCUT2D eigenvalue weighted by atomic mass is 16.4. The van der Waals surface area contributed by atoms with Crippen molar-refractivity contribution in [2.24, 2.45) is 16.3 Å².